The monoisotopic (exact) mass is 335 g/mol. The number of aromatic nitrogens is 3. The van der Waals surface area contributed by atoms with E-state index in [0.717, 1.165) is 30.6 Å². The van der Waals surface area contributed by atoms with Crippen molar-refractivity contribution >= 4 is 11.6 Å². The van der Waals surface area contributed by atoms with Gasteiger partial charge >= 0.3 is 0 Å². The third-order valence-electron chi connectivity index (χ3n) is 4.10. The summed E-state index contributed by atoms with van der Waals surface area (Å²) < 4.78 is 5.19. The van der Waals surface area contributed by atoms with Crippen molar-refractivity contribution < 1.29 is 9.32 Å². The fourth-order valence-electron chi connectivity index (χ4n) is 2.90. The normalized spacial score (nSPS) is 13.0. The third-order valence-corrected chi connectivity index (χ3v) is 4.10. The van der Waals surface area contributed by atoms with E-state index in [1.165, 1.54) is 0 Å². The van der Waals surface area contributed by atoms with Gasteiger partial charge in [-0.1, -0.05) is 17.3 Å². The highest BCUT2D eigenvalue weighted by atomic mass is 16.5. The van der Waals surface area contributed by atoms with Gasteiger partial charge in [0.25, 0.3) is 5.91 Å². The molecule has 25 heavy (non-hydrogen) atoms. The van der Waals surface area contributed by atoms with Crippen LogP contribution in [0.5, 0.6) is 0 Å². The number of carbonyl (C=O) groups excluding carboxylic acids is 1. The van der Waals surface area contributed by atoms with E-state index >= 15 is 0 Å². The van der Waals surface area contributed by atoms with Crippen LogP contribution in [0.1, 0.15) is 28.2 Å². The zero-order chi connectivity index (χ0) is 17.1. The maximum Gasteiger partial charge on any atom is 0.252 e. The second-order valence-electron chi connectivity index (χ2n) is 5.77. The highest BCUT2D eigenvalue weighted by Crippen LogP contribution is 2.25. The van der Waals surface area contributed by atoms with Gasteiger partial charge in [0.15, 0.2) is 0 Å². The molecule has 1 aliphatic rings. The third kappa shape index (κ3) is 3.21. The van der Waals surface area contributed by atoms with Crippen LogP contribution in [0.15, 0.2) is 47.1 Å². The van der Waals surface area contributed by atoms with Gasteiger partial charge in [0.05, 0.1) is 6.54 Å². The van der Waals surface area contributed by atoms with E-state index in [1.54, 1.807) is 12.3 Å². The van der Waals surface area contributed by atoms with Crippen LogP contribution in [-0.4, -0.2) is 27.6 Å². The Bertz CT molecular complexity index is 891. The van der Waals surface area contributed by atoms with Crippen molar-refractivity contribution in [3.63, 3.8) is 0 Å². The van der Waals surface area contributed by atoms with Gasteiger partial charge in [0.1, 0.15) is 5.69 Å². The molecule has 0 saturated carbocycles. The quantitative estimate of drug-likeness (QED) is 0.760. The molecule has 3 heterocycles. The van der Waals surface area contributed by atoms with Crippen molar-refractivity contribution in [1.29, 1.82) is 0 Å². The van der Waals surface area contributed by atoms with Gasteiger partial charge < -0.3 is 15.2 Å². The Morgan fingerprint density at radius 1 is 1.24 bits per heavy atom. The summed E-state index contributed by atoms with van der Waals surface area (Å²) in [5, 5.41) is 10.1. The summed E-state index contributed by atoms with van der Waals surface area (Å²) >= 11 is 0. The highest BCUT2D eigenvalue weighted by molar-refractivity contribution is 5.97. The van der Waals surface area contributed by atoms with Crippen molar-refractivity contribution in [3.05, 3.63) is 59.6 Å². The lowest BCUT2D eigenvalue weighted by molar-refractivity contribution is 0.0945. The zero-order valence-corrected chi connectivity index (χ0v) is 13.5. The number of carbonyl (C=O) groups is 1. The molecule has 7 heteroatoms. The number of pyridine rings is 1. The molecule has 1 aromatic carbocycles. The number of amides is 1. The van der Waals surface area contributed by atoms with Crippen LogP contribution in [0.25, 0.3) is 11.5 Å². The van der Waals surface area contributed by atoms with Gasteiger partial charge in [0, 0.05) is 24.0 Å². The second kappa shape index (κ2) is 6.72. The van der Waals surface area contributed by atoms with Crippen LogP contribution in [0.3, 0.4) is 0 Å². The summed E-state index contributed by atoms with van der Waals surface area (Å²) in [4.78, 5) is 21.0. The Kier molecular flexibility index (Phi) is 4.12. The lowest BCUT2D eigenvalue weighted by Crippen LogP contribution is -2.25. The standard InChI is InChI=1S/C18H17N5O2/c24-18(13-5-3-8-14-12(13)6-4-10-19-14)21-11-16-22-17(23-25-16)15-7-1-2-9-20-15/h1-3,5,7-9,19H,4,6,10-11H2,(H,21,24). The molecule has 4 rings (SSSR count). The Balaban J connectivity index is 1.46. The molecular formula is C18H17N5O2. The van der Waals surface area contributed by atoms with Gasteiger partial charge in [-0.2, -0.15) is 4.98 Å². The molecule has 1 aliphatic heterocycles. The van der Waals surface area contributed by atoms with E-state index in [0.29, 0.717) is 23.0 Å². The Hall–Kier alpha value is -3.22. The molecule has 0 saturated heterocycles. The van der Waals surface area contributed by atoms with Crippen LogP contribution in [0.2, 0.25) is 0 Å². The van der Waals surface area contributed by atoms with Crippen molar-refractivity contribution in [1.82, 2.24) is 20.4 Å². The van der Waals surface area contributed by atoms with E-state index in [4.69, 9.17) is 4.52 Å². The molecule has 7 nitrogen and oxygen atoms in total. The molecule has 0 aliphatic carbocycles. The first-order chi connectivity index (χ1) is 12.3. The fraction of sp³-hybridized carbons (Fsp3) is 0.222. The molecule has 0 atom stereocenters. The number of nitrogens with one attached hydrogen (secondary N) is 2. The predicted molar refractivity (Wildman–Crippen MR) is 92.0 cm³/mol. The number of nitrogens with zero attached hydrogens (tertiary/aromatic N) is 3. The van der Waals surface area contributed by atoms with Gasteiger partial charge in [-0.05, 0) is 42.7 Å². The lowest BCUT2D eigenvalue weighted by Gasteiger charge is -2.20. The van der Waals surface area contributed by atoms with E-state index in [1.807, 2.05) is 30.3 Å². The maximum absolute atomic E-state index is 12.5. The summed E-state index contributed by atoms with van der Waals surface area (Å²) in [6.45, 7) is 1.12. The van der Waals surface area contributed by atoms with E-state index in [-0.39, 0.29) is 12.5 Å². The highest BCUT2D eigenvalue weighted by Gasteiger charge is 2.18. The molecule has 0 unspecified atom stereocenters. The number of anilines is 1. The average molecular weight is 335 g/mol. The summed E-state index contributed by atoms with van der Waals surface area (Å²) in [5.41, 5.74) is 3.42. The van der Waals surface area contributed by atoms with Gasteiger partial charge in [-0.25, -0.2) is 0 Å². The van der Waals surface area contributed by atoms with Gasteiger partial charge in [-0.3, -0.25) is 9.78 Å². The average Bonchev–Trinajstić information content (AvgIpc) is 3.15. The number of rotatable bonds is 4. The first-order valence-electron chi connectivity index (χ1n) is 8.19. The SMILES string of the molecule is O=C(NCc1nc(-c2ccccn2)no1)c1cccc2c1CCCN2. The predicted octanol–water partition coefficient (Wildman–Crippen LogP) is 2.42. The van der Waals surface area contributed by atoms with E-state index in [9.17, 15) is 4.79 Å². The van der Waals surface area contributed by atoms with Crippen molar-refractivity contribution in [2.75, 3.05) is 11.9 Å². The first-order valence-corrected chi connectivity index (χ1v) is 8.19. The molecule has 3 aromatic rings. The topological polar surface area (TPSA) is 92.9 Å². The molecule has 1 amide bonds. The van der Waals surface area contributed by atoms with Crippen LogP contribution in [0, 0.1) is 0 Å². The summed E-state index contributed by atoms with van der Waals surface area (Å²) in [6.07, 6.45) is 3.59. The van der Waals surface area contributed by atoms with E-state index < -0.39 is 0 Å². The molecular weight excluding hydrogens is 318 g/mol. The minimum atomic E-state index is -0.141. The number of benzene rings is 1. The molecule has 2 aromatic heterocycles. The van der Waals surface area contributed by atoms with E-state index in [2.05, 4.69) is 25.8 Å². The van der Waals surface area contributed by atoms with Gasteiger partial charge in [0.2, 0.25) is 11.7 Å². The van der Waals surface area contributed by atoms with Crippen LogP contribution in [-0.2, 0) is 13.0 Å². The molecule has 0 radical (unpaired) electrons. The molecule has 0 bridgehead atoms. The number of fused-ring (bicyclic) bond motifs is 1. The maximum atomic E-state index is 12.5. The van der Waals surface area contributed by atoms with Crippen LogP contribution >= 0.6 is 0 Å². The lowest BCUT2D eigenvalue weighted by atomic mass is 9.97. The van der Waals surface area contributed by atoms with Crippen molar-refractivity contribution in [3.8, 4) is 11.5 Å². The smallest absolute Gasteiger partial charge is 0.252 e. The molecule has 2 N–H and O–H groups in total. The minimum absolute atomic E-state index is 0.141. The zero-order valence-electron chi connectivity index (χ0n) is 13.5. The largest absolute Gasteiger partial charge is 0.385 e. The van der Waals surface area contributed by atoms with Crippen LogP contribution in [0.4, 0.5) is 5.69 Å². The molecule has 0 spiro atoms. The van der Waals surface area contributed by atoms with Crippen LogP contribution < -0.4 is 10.6 Å². The Morgan fingerprint density at radius 3 is 3.08 bits per heavy atom. The summed E-state index contributed by atoms with van der Waals surface area (Å²) in [5.74, 6) is 0.612. The Labute approximate surface area is 144 Å². The van der Waals surface area contributed by atoms with Crippen molar-refractivity contribution in [2.45, 2.75) is 19.4 Å². The molecule has 126 valence electrons. The molecule has 0 fully saturated rings. The first kappa shape index (κ1) is 15.3. The minimum Gasteiger partial charge on any atom is -0.385 e. The second-order valence-corrected chi connectivity index (χ2v) is 5.77. The van der Waals surface area contributed by atoms with Gasteiger partial charge in [-0.15, -0.1) is 0 Å². The summed E-state index contributed by atoms with van der Waals surface area (Å²) in [7, 11) is 0. The number of hydrogen-bond acceptors (Lipinski definition) is 6. The summed E-state index contributed by atoms with van der Waals surface area (Å²) in [6, 6.07) is 11.2. The Morgan fingerprint density at radius 2 is 2.20 bits per heavy atom. The fourth-order valence-corrected chi connectivity index (χ4v) is 2.90. The number of hydrogen-bond donors (Lipinski definition) is 2. The van der Waals surface area contributed by atoms with Crippen molar-refractivity contribution in [2.24, 2.45) is 0 Å².